The topological polar surface area (TPSA) is 97.5 Å². The minimum absolute atomic E-state index is 0.270. The lowest BCUT2D eigenvalue weighted by molar-refractivity contribution is 0.00658. The van der Waals surface area contributed by atoms with Crippen LogP contribution in [0.15, 0.2) is 4.99 Å². The van der Waals surface area contributed by atoms with Gasteiger partial charge in [0.15, 0.2) is 0 Å². The fraction of sp³-hybridized carbons (Fsp3) is 0.800. The van der Waals surface area contributed by atoms with Crippen LogP contribution in [0, 0.1) is 0 Å². The highest BCUT2D eigenvalue weighted by molar-refractivity contribution is 6.06. The number of urea groups is 1. The lowest BCUT2D eigenvalue weighted by atomic mass is 9.87. The summed E-state index contributed by atoms with van der Waals surface area (Å²) in [6.07, 6.45) is 1.01. The van der Waals surface area contributed by atoms with Gasteiger partial charge >= 0.3 is 12.1 Å². The number of amidine groups is 1. The molecule has 8 nitrogen and oxygen atoms in total. The molecule has 0 aromatic rings. The summed E-state index contributed by atoms with van der Waals surface area (Å²) in [4.78, 5) is 31.6. The van der Waals surface area contributed by atoms with Crippen molar-refractivity contribution in [1.29, 1.82) is 0 Å². The fourth-order valence-electron chi connectivity index (χ4n) is 3.03. The maximum Gasteiger partial charge on any atom is 0.410 e. The van der Waals surface area contributed by atoms with E-state index in [-0.39, 0.29) is 11.9 Å². The van der Waals surface area contributed by atoms with Crippen LogP contribution in [0.1, 0.15) is 33.6 Å². The lowest BCUT2D eigenvalue weighted by Crippen LogP contribution is -2.64. The van der Waals surface area contributed by atoms with Crippen molar-refractivity contribution in [1.82, 2.24) is 9.80 Å². The van der Waals surface area contributed by atoms with E-state index >= 15 is 0 Å². The zero-order valence-electron chi connectivity index (χ0n) is 14.3. The molecule has 2 aliphatic rings. The SMILES string of the molecule is COCCN1C(=O)N=C(N)C12CCCN(C(=O)OC(C)(C)C)C2. The molecule has 0 saturated carbocycles. The van der Waals surface area contributed by atoms with E-state index in [0.29, 0.717) is 32.7 Å². The number of hydrogen-bond donors (Lipinski definition) is 1. The Bertz CT molecular complexity index is 514. The molecule has 1 spiro atoms. The lowest BCUT2D eigenvalue weighted by Gasteiger charge is -2.45. The van der Waals surface area contributed by atoms with Gasteiger partial charge in [0, 0.05) is 20.2 Å². The van der Waals surface area contributed by atoms with E-state index in [1.165, 1.54) is 0 Å². The Morgan fingerprint density at radius 1 is 1.43 bits per heavy atom. The Morgan fingerprint density at radius 3 is 2.74 bits per heavy atom. The Kier molecular flexibility index (Phi) is 4.84. The smallest absolute Gasteiger partial charge is 0.410 e. The molecule has 0 aromatic heterocycles. The van der Waals surface area contributed by atoms with E-state index in [4.69, 9.17) is 15.2 Å². The minimum atomic E-state index is -0.745. The maximum absolute atomic E-state index is 12.4. The number of hydrogen-bond acceptors (Lipinski definition) is 5. The Balaban J connectivity index is 2.18. The van der Waals surface area contributed by atoms with Crippen LogP contribution in [-0.4, -0.2) is 72.3 Å². The second-order valence-electron chi connectivity index (χ2n) is 6.96. The third kappa shape index (κ3) is 3.57. The molecule has 8 heteroatoms. The summed E-state index contributed by atoms with van der Waals surface area (Å²) < 4.78 is 10.5. The predicted molar refractivity (Wildman–Crippen MR) is 85.4 cm³/mol. The minimum Gasteiger partial charge on any atom is -0.444 e. The number of amides is 3. The summed E-state index contributed by atoms with van der Waals surface area (Å²) >= 11 is 0. The van der Waals surface area contributed by atoms with E-state index in [0.717, 1.165) is 6.42 Å². The number of piperidine rings is 1. The van der Waals surface area contributed by atoms with Crippen LogP contribution in [0.4, 0.5) is 9.59 Å². The monoisotopic (exact) mass is 326 g/mol. The molecule has 0 aliphatic carbocycles. The largest absolute Gasteiger partial charge is 0.444 e. The third-order valence-corrected chi connectivity index (χ3v) is 4.08. The highest BCUT2D eigenvalue weighted by atomic mass is 16.6. The predicted octanol–water partition coefficient (Wildman–Crippen LogP) is 1.20. The molecule has 1 fully saturated rings. The first-order valence-electron chi connectivity index (χ1n) is 7.83. The zero-order chi connectivity index (χ0) is 17.3. The number of carbonyl (C=O) groups excluding carboxylic acids is 2. The summed E-state index contributed by atoms with van der Waals surface area (Å²) in [6, 6.07) is -0.370. The quantitative estimate of drug-likeness (QED) is 0.840. The van der Waals surface area contributed by atoms with Gasteiger partial charge in [-0.3, -0.25) is 0 Å². The molecule has 0 aromatic carbocycles. The van der Waals surface area contributed by atoms with Crippen molar-refractivity contribution >= 4 is 18.0 Å². The van der Waals surface area contributed by atoms with Gasteiger partial charge in [0.05, 0.1) is 13.2 Å². The summed E-state index contributed by atoms with van der Waals surface area (Å²) in [5.41, 5.74) is 4.74. The van der Waals surface area contributed by atoms with Crippen LogP contribution in [0.5, 0.6) is 0 Å². The van der Waals surface area contributed by atoms with Crippen LogP contribution in [0.3, 0.4) is 0 Å². The van der Waals surface area contributed by atoms with Crippen molar-refractivity contribution in [2.24, 2.45) is 10.7 Å². The van der Waals surface area contributed by atoms with Gasteiger partial charge < -0.3 is 25.0 Å². The van der Waals surface area contributed by atoms with Gasteiger partial charge in [-0.15, -0.1) is 0 Å². The van der Waals surface area contributed by atoms with Gasteiger partial charge in [0.2, 0.25) is 0 Å². The van der Waals surface area contributed by atoms with Crippen molar-refractivity contribution in [3.8, 4) is 0 Å². The molecule has 23 heavy (non-hydrogen) atoms. The number of likely N-dealkylation sites (tertiary alicyclic amines) is 1. The first kappa shape index (κ1) is 17.5. The molecule has 2 aliphatic heterocycles. The first-order chi connectivity index (χ1) is 10.7. The second-order valence-corrected chi connectivity index (χ2v) is 6.96. The van der Waals surface area contributed by atoms with E-state index in [1.54, 1.807) is 16.9 Å². The normalized spacial score (nSPS) is 25.0. The van der Waals surface area contributed by atoms with E-state index in [9.17, 15) is 9.59 Å². The van der Waals surface area contributed by atoms with Gasteiger partial charge in [0.1, 0.15) is 17.0 Å². The van der Waals surface area contributed by atoms with Crippen molar-refractivity contribution in [3.63, 3.8) is 0 Å². The van der Waals surface area contributed by atoms with Crippen LogP contribution in [0.2, 0.25) is 0 Å². The highest BCUT2D eigenvalue weighted by Crippen LogP contribution is 2.33. The van der Waals surface area contributed by atoms with Crippen molar-refractivity contribution in [3.05, 3.63) is 0 Å². The zero-order valence-corrected chi connectivity index (χ0v) is 14.3. The number of nitrogens with two attached hydrogens (primary N) is 1. The van der Waals surface area contributed by atoms with E-state index in [1.807, 2.05) is 20.8 Å². The number of rotatable bonds is 3. The number of methoxy groups -OCH3 is 1. The van der Waals surface area contributed by atoms with Crippen molar-refractivity contribution < 1.29 is 19.1 Å². The number of nitrogens with zero attached hydrogens (tertiary/aromatic N) is 3. The van der Waals surface area contributed by atoms with Crippen LogP contribution in [-0.2, 0) is 9.47 Å². The first-order valence-corrected chi connectivity index (χ1v) is 7.83. The molecule has 0 radical (unpaired) electrons. The Labute approximate surface area is 136 Å². The summed E-state index contributed by atoms with van der Waals surface area (Å²) in [5.74, 6) is 0.270. The number of carbonyl (C=O) groups is 2. The Morgan fingerprint density at radius 2 is 2.13 bits per heavy atom. The van der Waals surface area contributed by atoms with Crippen LogP contribution >= 0.6 is 0 Å². The molecule has 3 amide bonds. The van der Waals surface area contributed by atoms with E-state index < -0.39 is 17.2 Å². The molecule has 1 saturated heterocycles. The molecule has 130 valence electrons. The van der Waals surface area contributed by atoms with Gasteiger partial charge in [-0.05, 0) is 33.6 Å². The maximum atomic E-state index is 12.4. The fourth-order valence-corrected chi connectivity index (χ4v) is 3.03. The molecule has 2 N–H and O–H groups in total. The molecule has 2 rings (SSSR count). The van der Waals surface area contributed by atoms with Crippen LogP contribution in [0.25, 0.3) is 0 Å². The summed E-state index contributed by atoms with van der Waals surface area (Å²) in [5, 5.41) is 0. The van der Waals surface area contributed by atoms with E-state index in [2.05, 4.69) is 4.99 Å². The average Bonchev–Trinajstić information content (AvgIpc) is 2.66. The van der Waals surface area contributed by atoms with Crippen LogP contribution < -0.4 is 5.73 Å². The standard InChI is InChI=1S/C15H26N4O4/c1-14(2,3)23-13(21)18-7-5-6-15(10-18)11(16)17-12(20)19(15)8-9-22-4/h5-10H2,1-4H3,(H2,16,17,20). The molecule has 1 unspecified atom stereocenters. The van der Waals surface area contributed by atoms with Gasteiger partial charge in [-0.1, -0.05) is 0 Å². The average molecular weight is 326 g/mol. The summed E-state index contributed by atoms with van der Waals surface area (Å²) in [7, 11) is 1.57. The van der Waals surface area contributed by atoms with Crippen molar-refractivity contribution in [2.45, 2.75) is 44.8 Å². The molecular formula is C15H26N4O4. The molecule has 2 heterocycles. The Hall–Kier alpha value is -1.83. The van der Waals surface area contributed by atoms with Gasteiger partial charge in [-0.2, -0.15) is 4.99 Å². The highest BCUT2D eigenvalue weighted by Gasteiger charge is 2.51. The van der Waals surface area contributed by atoms with Crippen molar-refractivity contribution in [2.75, 3.05) is 33.4 Å². The molecule has 0 bridgehead atoms. The molecule has 1 atom stereocenters. The number of aliphatic imine (C=N–C) groups is 1. The number of ether oxygens (including phenoxy) is 2. The summed E-state index contributed by atoms with van der Waals surface area (Å²) in [6.45, 7) is 7.13. The molecular weight excluding hydrogens is 300 g/mol. The van der Waals surface area contributed by atoms with Gasteiger partial charge in [-0.25, -0.2) is 9.59 Å². The third-order valence-electron chi connectivity index (χ3n) is 4.08. The second kappa shape index (κ2) is 6.35. The van der Waals surface area contributed by atoms with Gasteiger partial charge in [0.25, 0.3) is 0 Å².